The number of hydrogen-bond acceptors (Lipinski definition) is 3. The molecule has 0 radical (unpaired) electrons. The Morgan fingerprint density at radius 1 is 1.20 bits per heavy atom. The van der Waals surface area contributed by atoms with Crippen molar-refractivity contribution in [1.82, 2.24) is 15.1 Å². The first-order valence-corrected chi connectivity index (χ1v) is 9.01. The second-order valence-electron chi connectivity index (χ2n) is 7.36. The number of benzene rings is 1. The fourth-order valence-electron chi connectivity index (χ4n) is 3.04. The molecule has 0 bridgehead atoms. The van der Waals surface area contributed by atoms with E-state index < -0.39 is 5.60 Å². The van der Waals surface area contributed by atoms with Crippen LogP contribution in [0.1, 0.15) is 38.4 Å². The molecule has 2 aromatic rings. The van der Waals surface area contributed by atoms with Crippen LogP contribution in [0.15, 0.2) is 24.3 Å². The molecule has 1 aliphatic heterocycles. The molecule has 1 aromatic carbocycles. The monoisotopic (exact) mass is 361 g/mol. The fourth-order valence-corrected chi connectivity index (χ4v) is 3.16. The summed E-state index contributed by atoms with van der Waals surface area (Å²) < 4.78 is 5.52. The second kappa shape index (κ2) is 7.08. The van der Waals surface area contributed by atoms with Crippen molar-refractivity contribution >= 4 is 17.7 Å². The van der Waals surface area contributed by atoms with Crippen LogP contribution in [0.2, 0.25) is 5.02 Å². The molecular weight excluding hydrogens is 338 g/mol. The van der Waals surface area contributed by atoms with E-state index in [1.807, 2.05) is 45.0 Å². The topological polar surface area (TPSA) is 58.2 Å². The van der Waals surface area contributed by atoms with Gasteiger partial charge in [-0.1, -0.05) is 23.7 Å². The maximum atomic E-state index is 12.4. The summed E-state index contributed by atoms with van der Waals surface area (Å²) in [5, 5.41) is 8.39. The zero-order valence-electron chi connectivity index (χ0n) is 14.9. The minimum atomic E-state index is -0.477. The number of fused-ring (bicyclic) bond motifs is 1. The van der Waals surface area contributed by atoms with E-state index >= 15 is 0 Å². The number of aromatic nitrogens is 2. The number of nitrogens with one attached hydrogen (secondary N) is 1. The van der Waals surface area contributed by atoms with Gasteiger partial charge in [0, 0.05) is 34.9 Å². The van der Waals surface area contributed by atoms with Gasteiger partial charge in [-0.15, -0.1) is 0 Å². The molecular formula is C19H24ClN3O2. The molecule has 0 fully saturated rings. The first kappa shape index (κ1) is 17.8. The number of aryl methyl sites for hydroxylation is 1. The Bertz CT molecular complexity index is 747. The summed E-state index contributed by atoms with van der Waals surface area (Å²) in [6.45, 7) is 7.00. The summed E-state index contributed by atoms with van der Waals surface area (Å²) in [4.78, 5) is 14.2. The number of amides is 1. The molecule has 3 rings (SSSR count). The number of H-pyrrole nitrogens is 1. The smallest absolute Gasteiger partial charge is 0.410 e. The number of halogens is 1. The molecule has 0 saturated heterocycles. The first-order chi connectivity index (χ1) is 11.8. The number of hydrogen-bond donors (Lipinski definition) is 1. The number of carbonyl (C=O) groups is 1. The highest BCUT2D eigenvalue weighted by molar-refractivity contribution is 6.30. The molecule has 0 spiro atoms. The van der Waals surface area contributed by atoms with E-state index in [0.717, 1.165) is 36.2 Å². The SMILES string of the molecule is CC(C)(C)OC(=O)N1CCCc2[nH]nc(-c3ccc(Cl)cc3)c2CC1. The summed E-state index contributed by atoms with van der Waals surface area (Å²) in [5.74, 6) is 0. The molecule has 1 aromatic heterocycles. The van der Waals surface area contributed by atoms with Gasteiger partial charge in [-0.25, -0.2) is 4.79 Å². The highest BCUT2D eigenvalue weighted by Gasteiger charge is 2.25. The van der Waals surface area contributed by atoms with E-state index in [1.165, 1.54) is 5.56 Å². The van der Waals surface area contributed by atoms with Gasteiger partial charge in [0.05, 0.1) is 5.69 Å². The van der Waals surface area contributed by atoms with Crippen molar-refractivity contribution in [3.05, 3.63) is 40.5 Å². The molecule has 1 aliphatic rings. The zero-order valence-corrected chi connectivity index (χ0v) is 15.7. The maximum Gasteiger partial charge on any atom is 0.410 e. The Morgan fingerprint density at radius 3 is 2.60 bits per heavy atom. The Balaban J connectivity index is 1.79. The van der Waals surface area contributed by atoms with Gasteiger partial charge >= 0.3 is 6.09 Å². The van der Waals surface area contributed by atoms with Gasteiger partial charge in [0.1, 0.15) is 5.60 Å². The lowest BCUT2D eigenvalue weighted by Gasteiger charge is -2.28. The van der Waals surface area contributed by atoms with Crippen LogP contribution in [0.3, 0.4) is 0 Å². The molecule has 1 amide bonds. The van der Waals surface area contributed by atoms with Crippen molar-refractivity contribution < 1.29 is 9.53 Å². The average molecular weight is 362 g/mol. The highest BCUT2D eigenvalue weighted by Crippen LogP contribution is 2.28. The number of nitrogens with zero attached hydrogens (tertiary/aromatic N) is 2. The van der Waals surface area contributed by atoms with Gasteiger partial charge in [-0.2, -0.15) is 5.10 Å². The second-order valence-corrected chi connectivity index (χ2v) is 7.79. The molecule has 0 atom stereocenters. The summed E-state index contributed by atoms with van der Waals surface area (Å²) in [5.41, 5.74) is 3.84. The van der Waals surface area contributed by atoms with Crippen molar-refractivity contribution in [2.75, 3.05) is 13.1 Å². The van der Waals surface area contributed by atoms with Crippen molar-refractivity contribution in [2.45, 2.75) is 45.6 Å². The van der Waals surface area contributed by atoms with E-state index in [-0.39, 0.29) is 6.09 Å². The zero-order chi connectivity index (χ0) is 18.0. The summed E-state index contributed by atoms with van der Waals surface area (Å²) in [7, 11) is 0. The van der Waals surface area contributed by atoms with Gasteiger partial charge in [0.25, 0.3) is 0 Å². The minimum Gasteiger partial charge on any atom is -0.444 e. The maximum absolute atomic E-state index is 12.4. The van der Waals surface area contributed by atoms with Gasteiger partial charge in [0.15, 0.2) is 0 Å². The molecule has 6 heteroatoms. The number of aromatic amines is 1. The van der Waals surface area contributed by atoms with Crippen LogP contribution in [-0.2, 0) is 17.6 Å². The Labute approximate surface area is 153 Å². The lowest BCUT2D eigenvalue weighted by Crippen LogP contribution is -2.39. The normalized spacial score (nSPS) is 15.3. The Morgan fingerprint density at radius 2 is 1.92 bits per heavy atom. The lowest BCUT2D eigenvalue weighted by molar-refractivity contribution is 0.0247. The molecule has 0 unspecified atom stereocenters. The summed E-state index contributed by atoms with van der Waals surface area (Å²) in [6.07, 6.45) is 2.26. The van der Waals surface area contributed by atoms with Crippen LogP contribution < -0.4 is 0 Å². The molecule has 0 saturated carbocycles. The van der Waals surface area contributed by atoms with Crippen LogP contribution >= 0.6 is 11.6 Å². The van der Waals surface area contributed by atoms with E-state index in [1.54, 1.807) is 4.90 Å². The highest BCUT2D eigenvalue weighted by atomic mass is 35.5. The summed E-state index contributed by atoms with van der Waals surface area (Å²) in [6, 6.07) is 7.69. The third kappa shape index (κ3) is 4.34. The van der Waals surface area contributed by atoms with Crippen LogP contribution in [-0.4, -0.2) is 39.9 Å². The molecule has 1 N–H and O–H groups in total. The largest absolute Gasteiger partial charge is 0.444 e. The average Bonchev–Trinajstić information content (AvgIpc) is 2.88. The molecule has 25 heavy (non-hydrogen) atoms. The van der Waals surface area contributed by atoms with Gasteiger partial charge < -0.3 is 9.64 Å². The van der Waals surface area contributed by atoms with E-state index in [4.69, 9.17) is 16.3 Å². The third-order valence-electron chi connectivity index (χ3n) is 4.21. The van der Waals surface area contributed by atoms with Gasteiger partial charge in [-0.05, 0) is 52.2 Å². The lowest BCUT2D eigenvalue weighted by atomic mass is 9.99. The van der Waals surface area contributed by atoms with Crippen molar-refractivity contribution in [1.29, 1.82) is 0 Å². The quantitative estimate of drug-likeness (QED) is 0.816. The van der Waals surface area contributed by atoms with Crippen molar-refractivity contribution in [3.8, 4) is 11.3 Å². The Kier molecular flexibility index (Phi) is 5.04. The van der Waals surface area contributed by atoms with E-state index in [9.17, 15) is 4.79 Å². The van der Waals surface area contributed by atoms with E-state index in [0.29, 0.717) is 18.1 Å². The predicted octanol–water partition coefficient (Wildman–Crippen LogP) is 4.46. The summed E-state index contributed by atoms with van der Waals surface area (Å²) >= 11 is 5.98. The fraction of sp³-hybridized carbons (Fsp3) is 0.474. The Hall–Kier alpha value is -2.01. The van der Waals surface area contributed by atoms with Crippen molar-refractivity contribution in [3.63, 3.8) is 0 Å². The minimum absolute atomic E-state index is 0.243. The van der Waals surface area contributed by atoms with Gasteiger partial charge in [0.2, 0.25) is 0 Å². The van der Waals surface area contributed by atoms with Crippen LogP contribution in [0.5, 0.6) is 0 Å². The predicted molar refractivity (Wildman–Crippen MR) is 98.9 cm³/mol. The molecule has 0 aliphatic carbocycles. The van der Waals surface area contributed by atoms with E-state index in [2.05, 4.69) is 10.2 Å². The number of rotatable bonds is 1. The standard InChI is InChI=1S/C19H24ClN3O2/c1-19(2,3)25-18(24)23-11-4-5-16-15(10-12-23)17(22-21-16)13-6-8-14(20)9-7-13/h6-9H,4-5,10-12H2,1-3H3,(H,21,22). The first-order valence-electron chi connectivity index (χ1n) is 8.63. The number of ether oxygens (including phenoxy) is 1. The molecule has 5 nitrogen and oxygen atoms in total. The molecule has 2 heterocycles. The molecule has 134 valence electrons. The van der Waals surface area contributed by atoms with Crippen LogP contribution in [0, 0.1) is 0 Å². The van der Waals surface area contributed by atoms with Crippen LogP contribution in [0.4, 0.5) is 4.79 Å². The van der Waals surface area contributed by atoms with Crippen molar-refractivity contribution in [2.24, 2.45) is 0 Å². The third-order valence-corrected chi connectivity index (χ3v) is 4.46. The van der Waals surface area contributed by atoms with Gasteiger partial charge in [-0.3, -0.25) is 5.10 Å². The number of carbonyl (C=O) groups excluding carboxylic acids is 1. The van der Waals surface area contributed by atoms with Crippen LogP contribution in [0.25, 0.3) is 11.3 Å².